The summed E-state index contributed by atoms with van der Waals surface area (Å²) >= 11 is 0. The van der Waals surface area contributed by atoms with E-state index >= 15 is 0 Å². The average Bonchev–Trinajstić information content (AvgIpc) is 2.47. The smallest absolute Gasteiger partial charge is 0.140 e. The molecule has 1 aromatic carbocycles. The molecule has 0 saturated heterocycles. The maximum atomic E-state index is 9.01. The van der Waals surface area contributed by atoms with Crippen LogP contribution in [0.25, 0.3) is 0 Å². The van der Waals surface area contributed by atoms with Crippen LogP contribution in [-0.2, 0) is 13.0 Å². The van der Waals surface area contributed by atoms with Crippen LogP contribution in [0.4, 0.5) is 5.82 Å². The van der Waals surface area contributed by atoms with Crippen LogP contribution in [0.5, 0.6) is 5.75 Å². The number of nitrogens with zero attached hydrogens (tertiary/aromatic N) is 1. The Morgan fingerprint density at radius 3 is 2.79 bits per heavy atom. The number of ether oxygens (including phenoxy) is 1. The van der Waals surface area contributed by atoms with E-state index in [1.165, 1.54) is 0 Å². The zero-order chi connectivity index (χ0) is 13.5. The SMILES string of the molecule is NNc1cccc(COc2ccccc2CCO)n1. The first kappa shape index (κ1) is 13.3. The van der Waals surface area contributed by atoms with E-state index in [-0.39, 0.29) is 6.61 Å². The van der Waals surface area contributed by atoms with Gasteiger partial charge in [-0.1, -0.05) is 24.3 Å². The molecule has 2 aromatic rings. The lowest BCUT2D eigenvalue weighted by molar-refractivity contribution is 0.282. The van der Waals surface area contributed by atoms with Gasteiger partial charge in [-0.15, -0.1) is 0 Å². The molecule has 4 N–H and O–H groups in total. The maximum Gasteiger partial charge on any atom is 0.140 e. The molecule has 19 heavy (non-hydrogen) atoms. The summed E-state index contributed by atoms with van der Waals surface area (Å²) in [6.45, 7) is 0.461. The Bertz CT molecular complexity index is 532. The Balaban J connectivity index is 2.05. The molecular formula is C14H17N3O2. The lowest BCUT2D eigenvalue weighted by Gasteiger charge is -2.10. The van der Waals surface area contributed by atoms with E-state index < -0.39 is 0 Å². The molecule has 1 aromatic heterocycles. The lowest BCUT2D eigenvalue weighted by Crippen LogP contribution is -2.10. The summed E-state index contributed by atoms with van der Waals surface area (Å²) in [6.07, 6.45) is 0.577. The molecule has 0 aliphatic carbocycles. The number of nitrogens with one attached hydrogen (secondary N) is 1. The molecule has 0 spiro atoms. The van der Waals surface area contributed by atoms with E-state index in [1.807, 2.05) is 36.4 Å². The highest BCUT2D eigenvalue weighted by Gasteiger charge is 2.03. The predicted octanol–water partition coefficient (Wildman–Crippen LogP) is 1.48. The van der Waals surface area contributed by atoms with Gasteiger partial charge in [0.05, 0.1) is 5.69 Å². The summed E-state index contributed by atoms with van der Waals surface area (Å²) in [7, 11) is 0. The zero-order valence-electron chi connectivity index (χ0n) is 10.5. The van der Waals surface area contributed by atoms with Crippen molar-refractivity contribution in [1.82, 2.24) is 4.98 Å². The van der Waals surface area contributed by atoms with E-state index in [0.29, 0.717) is 18.8 Å². The summed E-state index contributed by atoms with van der Waals surface area (Å²) in [6, 6.07) is 13.2. The molecule has 0 atom stereocenters. The molecular weight excluding hydrogens is 242 g/mol. The molecule has 0 aliphatic heterocycles. The number of anilines is 1. The Labute approximate surface area is 112 Å². The second-order valence-electron chi connectivity index (χ2n) is 4.03. The minimum Gasteiger partial charge on any atom is -0.487 e. The van der Waals surface area contributed by atoms with Gasteiger partial charge in [0.15, 0.2) is 0 Å². The second-order valence-corrected chi connectivity index (χ2v) is 4.03. The molecule has 5 nitrogen and oxygen atoms in total. The molecule has 2 rings (SSSR count). The third kappa shape index (κ3) is 3.67. The first-order chi connectivity index (χ1) is 9.33. The number of rotatable bonds is 6. The van der Waals surface area contributed by atoms with Gasteiger partial charge in [0.1, 0.15) is 18.2 Å². The van der Waals surface area contributed by atoms with Gasteiger partial charge in [-0.3, -0.25) is 0 Å². The monoisotopic (exact) mass is 259 g/mol. The van der Waals surface area contributed by atoms with Crippen molar-refractivity contribution < 1.29 is 9.84 Å². The van der Waals surface area contributed by atoms with Crippen molar-refractivity contribution in [3.8, 4) is 5.75 Å². The number of hydrogen-bond donors (Lipinski definition) is 3. The normalized spacial score (nSPS) is 10.2. The molecule has 0 amide bonds. The van der Waals surface area contributed by atoms with Crippen LogP contribution in [0.3, 0.4) is 0 Å². The Morgan fingerprint density at radius 1 is 1.16 bits per heavy atom. The summed E-state index contributed by atoms with van der Waals surface area (Å²) < 4.78 is 5.73. The average molecular weight is 259 g/mol. The van der Waals surface area contributed by atoms with E-state index in [4.69, 9.17) is 15.7 Å². The highest BCUT2D eigenvalue weighted by Crippen LogP contribution is 2.19. The summed E-state index contributed by atoms with van der Waals surface area (Å²) in [4.78, 5) is 4.27. The third-order valence-electron chi connectivity index (χ3n) is 2.68. The molecule has 0 aliphatic rings. The Hall–Kier alpha value is -2.11. The molecule has 0 saturated carbocycles. The van der Waals surface area contributed by atoms with Crippen LogP contribution in [0.2, 0.25) is 0 Å². The summed E-state index contributed by atoms with van der Waals surface area (Å²) in [5.41, 5.74) is 4.27. The van der Waals surface area contributed by atoms with Gasteiger partial charge < -0.3 is 15.3 Å². The van der Waals surface area contributed by atoms with E-state index in [1.54, 1.807) is 6.07 Å². The maximum absolute atomic E-state index is 9.01. The van der Waals surface area contributed by atoms with E-state index in [2.05, 4.69) is 10.4 Å². The van der Waals surface area contributed by atoms with Crippen LogP contribution in [-0.4, -0.2) is 16.7 Å². The Morgan fingerprint density at radius 2 is 2.00 bits per heavy atom. The molecule has 5 heteroatoms. The minimum atomic E-state index is 0.102. The molecule has 100 valence electrons. The second kappa shape index (κ2) is 6.72. The first-order valence-corrected chi connectivity index (χ1v) is 6.07. The van der Waals surface area contributed by atoms with Crippen molar-refractivity contribution in [2.45, 2.75) is 13.0 Å². The van der Waals surface area contributed by atoms with Gasteiger partial charge in [-0.2, -0.15) is 0 Å². The van der Waals surface area contributed by atoms with Crippen molar-refractivity contribution in [2.24, 2.45) is 5.84 Å². The van der Waals surface area contributed by atoms with Crippen LogP contribution in [0, 0.1) is 0 Å². The van der Waals surface area contributed by atoms with Crippen molar-refractivity contribution in [3.05, 3.63) is 53.7 Å². The third-order valence-corrected chi connectivity index (χ3v) is 2.68. The number of pyridine rings is 1. The Kier molecular flexibility index (Phi) is 4.72. The van der Waals surface area contributed by atoms with Crippen molar-refractivity contribution >= 4 is 5.82 Å². The topological polar surface area (TPSA) is 80.4 Å². The summed E-state index contributed by atoms with van der Waals surface area (Å²) in [5, 5.41) is 9.01. The quantitative estimate of drug-likeness (QED) is 0.541. The number of nitrogens with two attached hydrogens (primary N) is 1. The number of hydrogen-bond acceptors (Lipinski definition) is 5. The lowest BCUT2D eigenvalue weighted by atomic mass is 10.1. The van der Waals surface area contributed by atoms with Crippen molar-refractivity contribution in [3.63, 3.8) is 0 Å². The van der Waals surface area contributed by atoms with Gasteiger partial charge in [0.25, 0.3) is 0 Å². The van der Waals surface area contributed by atoms with Gasteiger partial charge in [0, 0.05) is 6.61 Å². The van der Waals surface area contributed by atoms with Crippen LogP contribution >= 0.6 is 0 Å². The van der Waals surface area contributed by atoms with Crippen molar-refractivity contribution in [2.75, 3.05) is 12.0 Å². The standard InChI is InChI=1S/C14H17N3O2/c15-17-14-7-3-5-12(16-14)10-19-13-6-2-1-4-11(13)8-9-18/h1-7,18H,8-10,15H2,(H,16,17). The fourth-order valence-corrected chi connectivity index (χ4v) is 1.76. The number of nitrogen functional groups attached to an aromatic ring is 1. The number of benzene rings is 1. The van der Waals surface area contributed by atoms with E-state index in [0.717, 1.165) is 17.0 Å². The molecule has 0 fully saturated rings. The van der Waals surface area contributed by atoms with Gasteiger partial charge in [-0.05, 0) is 30.2 Å². The molecule has 1 heterocycles. The first-order valence-electron chi connectivity index (χ1n) is 6.07. The van der Waals surface area contributed by atoms with Crippen LogP contribution in [0.1, 0.15) is 11.3 Å². The number of hydrazine groups is 1. The van der Waals surface area contributed by atoms with E-state index in [9.17, 15) is 0 Å². The highest BCUT2D eigenvalue weighted by atomic mass is 16.5. The molecule has 0 radical (unpaired) electrons. The zero-order valence-corrected chi connectivity index (χ0v) is 10.5. The number of para-hydroxylation sites is 1. The largest absolute Gasteiger partial charge is 0.487 e. The minimum absolute atomic E-state index is 0.102. The van der Waals surface area contributed by atoms with Gasteiger partial charge in [0.2, 0.25) is 0 Å². The van der Waals surface area contributed by atoms with Crippen LogP contribution < -0.4 is 16.0 Å². The number of aliphatic hydroxyl groups is 1. The fraction of sp³-hybridized carbons (Fsp3) is 0.214. The highest BCUT2D eigenvalue weighted by molar-refractivity contribution is 5.35. The number of aliphatic hydroxyl groups excluding tert-OH is 1. The number of aromatic nitrogens is 1. The predicted molar refractivity (Wildman–Crippen MR) is 73.6 cm³/mol. The molecule has 0 bridgehead atoms. The van der Waals surface area contributed by atoms with Crippen LogP contribution in [0.15, 0.2) is 42.5 Å². The van der Waals surface area contributed by atoms with Crippen molar-refractivity contribution in [1.29, 1.82) is 0 Å². The van der Waals surface area contributed by atoms with Gasteiger partial charge in [-0.25, -0.2) is 10.8 Å². The van der Waals surface area contributed by atoms with Gasteiger partial charge >= 0.3 is 0 Å². The molecule has 0 unspecified atom stereocenters. The fourth-order valence-electron chi connectivity index (χ4n) is 1.76. The summed E-state index contributed by atoms with van der Waals surface area (Å²) in [5.74, 6) is 6.68.